The molecule has 286 valence electrons. The van der Waals surface area contributed by atoms with Crippen LogP contribution in [-0.4, -0.2) is 80.1 Å². The number of nitrogens with zero attached hydrogens (tertiary/aromatic N) is 1. The van der Waals surface area contributed by atoms with E-state index in [1.54, 1.807) is 0 Å². The first-order valence-electron chi connectivity index (χ1n) is 17.2. The molecule has 0 spiro atoms. The van der Waals surface area contributed by atoms with Crippen molar-refractivity contribution in [2.24, 2.45) is 0 Å². The number of fused-ring (bicyclic) bond motifs is 2. The van der Waals surface area contributed by atoms with Crippen LogP contribution in [0.1, 0.15) is 79.2 Å². The Kier molecular flexibility index (Phi) is 15.6. The summed E-state index contributed by atoms with van der Waals surface area (Å²) in [5, 5.41) is 25.4. The maximum Gasteiger partial charge on any atom is 0.469 e. The lowest BCUT2D eigenvalue weighted by molar-refractivity contribution is -0.136. The maximum atomic E-state index is 12.7. The third-order valence-electron chi connectivity index (χ3n) is 8.30. The molecule has 0 fully saturated rings. The summed E-state index contributed by atoms with van der Waals surface area (Å²) in [5.74, 6) is 6.22. The summed E-state index contributed by atoms with van der Waals surface area (Å²) in [4.78, 5) is 70.1. The molecule has 2 aromatic carbocycles. The summed E-state index contributed by atoms with van der Waals surface area (Å²) in [6.45, 7) is 0.430. The van der Waals surface area contributed by atoms with Gasteiger partial charge in [0.1, 0.15) is 12.2 Å². The number of unbranched alkanes of at least 4 members (excludes halogenated alkanes) is 2. The number of aromatic nitrogens is 2. The fourth-order valence-electron chi connectivity index (χ4n) is 5.62. The van der Waals surface area contributed by atoms with Gasteiger partial charge in [-0.05, 0) is 50.3 Å². The third kappa shape index (κ3) is 13.1. The quantitative estimate of drug-likeness (QED) is 0.0528. The van der Waals surface area contributed by atoms with Crippen LogP contribution in [0.2, 0.25) is 0 Å². The Labute approximate surface area is 305 Å². The molecule has 1 heterocycles. The Bertz CT molecular complexity index is 1930. The molecule has 3 aromatic rings. The van der Waals surface area contributed by atoms with Crippen LogP contribution in [0, 0.1) is 11.8 Å². The summed E-state index contributed by atoms with van der Waals surface area (Å²) in [6.07, 6.45) is -0.753. The smallest absolute Gasteiger partial charge is 0.441 e. The number of phosphoric acid groups is 1. The second-order valence-electron chi connectivity index (χ2n) is 12.5. The molecule has 1 aromatic heterocycles. The van der Waals surface area contributed by atoms with Crippen LogP contribution in [0.5, 0.6) is 0 Å². The minimum atomic E-state index is -4.88. The number of nitrogens with one attached hydrogen (secondary N) is 3. The fourth-order valence-corrected chi connectivity index (χ4v) is 5.98. The highest BCUT2D eigenvalue weighted by molar-refractivity contribution is 7.46. The molecule has 0 aliphatic heterocycles. The van der Waals surface area contributed by atoms with Crippen molar-refractivity contribution in [3.63, 3.8) is 0 Å². The molecular weight excluding hydrogens is 711 g/mol. The van der Waals surface area contributed by atoms with Crippen molar-refractivity contribution in [2.75, 3.05) is 26.3 Å². The van der Waals surface area contributed by atoms with Crippen molar-refractivity contribution >= 4 is 19.8 Å². The van der Waals surface area contributed by atoms with Gasteiger partial charge in [-0.2, -0.15) is 0 Å². The number of aryl methyl sites for hydroxylation is 1. The zero-order valence-corrected chi connectivity index (χ0v) is 30.1. The number of amides is 2. The van der Waals surface area contributed by atoms with Gasteiger partial charge >= 0.3 is 19.6 Å². The molecule has 4 atom stereocenters. The average molecular weight is 757 g/mol. The van der Waals surface area contributed by atoms with Gasteiger partial charge in [0.15, 0.2) is 6.23 Å². The highest BCUT2D eigenvalue weighted by Crippen LogP contribution is 2.36. The van der Waals surface area contributed by atoms with Gasteiger partial charge in [0, 0.05) is 54.4 Å². The van der Waals surface area contributed by atoms with E-state index in [2.05, 4.69) is 32.0 Å². The molecule has 4 rings (SSSR count). The summed E-state index contributed by atoms with van der Waals surface area (Å²) in [7, 11) is -4.88. The van der Waals surface area contributed by atoms with E-state index >= 15 is 0 Å². The lowest BCUT2D eigenvalue weighted by atomic mass is 9.92. The van der Waals surface area contributed by atoms with E-state index in [9.17, 15) is 34.0 Å². The monoisotopic (exact) mass is 756 g/mol. The molecule has 17 heteroatoms. The third-order valence-corrected chi connectivity index (χ3v) is 8.78. The molecule has 16 nitrogen and oxygen atoms in total. The number of rotatable bonds is 19. The number of phosphoric ester groups is 1. The van der Waals surface area contributed by atoms with Crippen LogP contribution in [0.25, 0.3) is 0 Å². The zero-order chi connectivity index (χ0) is 38.4. The second-order valence-corrected chi connectivity index (χ2v) is 13.7. The Morgan fingerprint density at radius 3 is 2.43 bits per heavy atom. The summed E-state index contributed by atoms with van der Waals surface area (Å²) < 4.78 is 27.6. The number of carbonyl (C=O) groups is 2. The van der Waals surface area contributed by atoms with Gasteiger partial charge in [0.2, 0.25) is 5.91 Å². The number of alkyl carbamates (subject to hydrolysis) is 1. The van der Waals surface area contributed by atoms with Crippen molar-refractivity contribution < 1.29 is 48.2 Å². The first kappa shape index (κ1) is 41.2. The Morgan fingerprint density at radius 2 is 1.70 bits per heavy atom. The van der Waals surface area contributed by atoms with Crippen molar-refractivity contribution in [3.8, 4) is 11.8 Å². The number of aromatic amines is 1. The summed E-state index contributed by atoms with van der Waals surface area (Å²) >= 11 is 0. The van der Waals surface area contributed by atoms with Crippen LogP contribution < -0.4 is 21.9 Å². The number of benzene rings is 2. The number of carbonyl (C=O) groups excluding carboxylic acids is 2. The molecule has 1 aliphatic rings. The van der Waals surface area contributed by atoms with Crippen molar-refractivity contribution in [1.82, 2.24) is 20.2 Å². The van der Waals surface area contributed by atoms with E-state index in [1.807, 2.05) is 48.5 Å². The Morgan fingerprint density at radius 1 is 1.00 bits per heavy atom. The van der Waals surface area contributed by atoms with Gasteiger partial charge in [-0.15, -0.1) is 0 Å². The number of hydrogen-bond acceptors (Lipinski definition) is 10. The van der Waals surface area contributed by atoms with Crippen LogP contribution in [0.15, 0.2) is 64.3 Å². The summed E-state index contributed by atoms with van der Waals surface area (Å²) in [6, 6.07) is 15.4. The molecule has 0 saturated heterocycles. The molecule has 53 heavy (non-hydrogen) atoms. The van der Waals surface area contributed by atoms with Gasteiger partial charge < -0.3 is 40.1 Å². The number of aliphatic hydroxyl groups excluding tert-OH is 2. The van der Waals surface area contributed by atoms with Crippen molar-refractivity contribution in [2.45, 2.75) is 76.4 Å². The molecular formula is C36H45N4O12P. The van der Waals surface area contributed by atoms with E-state index in [4.69, 9.17) is 19.3 Å². The van der Waals surface area contributed by atoms with Crippen LogP contribution >= 0.6 is 7.82 Å². The van der Waals surface area contributed by atoms with E-state index in [0.717, 1.165) is 26.8 Å². The largest absolute Gasteiger partial charge is 0.469 e. The van der Waals surface area contributed by atoms with E-state index in [1.165, 1.54) is 13.1 Å². The topological polar surface area (TPSA) is 239 Å². The normalized spacial score (nSPS) is 15.3. The molecule has 0 saturated carbocycles. The standard InChI is InChI=1S/C36H45N4O12P/c1-24(42)34(51-29(22-41)23-50-53(47,48)49)40-21-28(33(44)39-35(40)45)13-9-19-37-32(43)15-3-2-8-18-38-36(46)52-31-20-27-12-5-4-10-25(27)16-17-26-11-6-7-14-30(26)31/h4-7,10-12,14,21,24,29,31,34,41-42H,2-3,8-9,13,15,18-20,22-23H2,1H3,(H,37,43)(H,38,46)(H,39,44,45)(H2,47,48,49)/t24-,29-,31?,34+/m0/s1. The predicted molar refractivity (Wildman–Crippen MR) is 192 cm³/mol. The molecule has 0 bridgehead atoms. The predicted octanol–water partition coefficient (Wildman–Crippen LogP) is 1.94. The van der Waals surface area contributed by atoms with Crippen LogP contribution in [0.4, 0.5) is 4.79 Å². The zero-order valence-electron chi connectivity index (χ0n) is 29.2. The minimum Gasteiger partial charge on any atom is -0.441 e. The van der Waals surface area contributed by atoms with E-state index in [0.29, 0.717) is 38.6 Å². The Balaban J connectivity index is 1.16. The maximum absolute atomic E-state index is 12.7. The van der Waals surface area contributed by atoms with Gasteiger partial charge in [0.05, 0.1) is 19.3 Å². The molecule has 2 amide bonds. The van der Waals surface area contributed by atoms with Gasteiger partial charge in [-0.25, -0.2) is 14.2 Å². The molecule has 1 aliphatic carbocycles. The van der Waals surface area contributed by atoms with Crippen molar-refractivity contribution in [3.05, 3.63) is 103 Å². The van der Waals surface area contributed by atoms with Crippen molar-refractivity contribution in [1.29, 1.82) is 0 Å². The first-order valence-corrected chi connectivity index (χ1v) is 18.8. The lowest BCUT2D eigenvalue weighted by Crippen LogP contribution is -2.41. The van der Waals surface area contributed by atoms with E-state index < -0.39 is 62.9 Å². The average Bonchev–Trinajstić information content (AvgIpc) is 3.11. The number of aliphatic hydroxyl groups is 2. The van der Waals surface area contributed by atoms with Crippen LogP contribution in [-0.2, 0) is 36.2 Å². The second kappa shape index (κ2) is 20.0. The molecule has 1 unspecified atom stereocenters. The number of H-pyrrole nitrogens is 1. The molecule has 0 radical (unpaired) electrons. The SMILES string of the molecule is C[C@H](O)[C@@H](O[C@@H](CO)COP(=O)(O)O)n1cc(CCCNC(=O)CCCCCNC(=O)OC2Cc3ccccc3C#Cc3ccccc32)c(=O)[nH]c1=O. The number of hydrogen-bond donors (Lipinski definition) is 7. The minimum absolute atomic E-state index is 0.154. The highest BCUT2D eigenvalue weighted by atomic mass is 31.2. The number of ether oxygens (including phenoxy) is 2. The van der Waals surface area contributed by atoms with Gasteiger partial charge in [-0.1, -0.05) is 54.7 Å². The fraction of sp³-hybridized carbons (Fsp3) is 0.444. The van der Waals surface area contributed by atoms with Crippen LogP contribution in [0.3, 0.4) is 0 Å². The van der Waals surface area contributed by atoms with Gasteiger partial charge in [-0.3, -0.25) is 23.7 Å². The van der Waals surface area contributed by atoms with Gasteiger partial charge in [0.25, 0.3) is 5.56 Å². The Hall–Kier alpha value is -4.59. The van der Waals surface area contributed by atoms with E-state index in [-0.39, 0.29) is 30.9 Å². The molecule has 7 N–H and O–H groups in total. The first-order chi connectivity index (χ1) is 25.3. The highest BCUT2D eigenvalue weighted by Gasteiger charge is 2.27. The summed E-state index contributed by atoms with van der Waals surface area (Å²) in [5.41, 5.74) is 2.14. The lowest BCUT2D eigenvalue weighted by Gasteiger charge is -2.27.